The monoisotopic (exact) mass is 402 g/mol. The average Bonchev–Trinajstić information content (AvgIpc) is 2.65. The molecule has 1 aromatic heterocycles. The summed E-state index contributed by atoms with van der Waals surface area (Å²) in [4.78, 5) is 29.3. The van der Waals surface area contributed by atoms with Gasteiger partial charge in [0.25, 0.3) is 5.91 Å². The summed E-state index contributed by atoms with van der Waals surface area (Å²) < 4.78 is 11.0. The molecule has 0 unspecified atom stereocenters. The van der Waals surface area contributed by atoms with Gasteiger partial charge >= 0.3 is 5.97 Å². The van der Waals surface area contributed by atoms with Crippen molar-refractivity contribution in [2.24, 2.45) is 0 Å². The molecule has 0 saturated carbocycles. The first kappa shape index (κ1) is 22.0. The summed E-state index contributed by atoms with van der Waals surface area (Å²) in [6, 6.07) is 8.28. The number of nitrogens with one attached hydrogen (secondary N) is 1. The second kappa shape index (κ2) is 8.83. The fourth-order valence-corrected chi connectivity index (χ4v) is 3.63. The number of rotatable bonds is 7. The molecular formula is C21H30N2O4Si. The third-order valence-electron chi connectivity index (χ3n) is 5.36. The minimum absolute atomic E-state index is 0.0764. The predicted molar refractivity (Wildman–Crippen MR) is 113 cm³/mol. The Balaban J connectivity index is 2.11. The van der Waals surface area contributed by atoms with Crippen LogP contribution in [-0.2, 0) is 14.0 Å². The maximum atomic E-state index is 12.8. The second-order valence-electron chi connectivity index (χ2n) is 8.32. The molecular weight excluding hydrogens is 372 g/mol. The maximum absolute atomic E-state index is 12.8. The summed E-state index contributed by atoms with van der Waals surface area (Å²) >= 11 is 0. The molecule has 2 rings (SSSR count). The number of benzene rings is 1. The quantitative estimate of drug-likeness (QED) is 0.561. The largest absolute Gasteiger partial charge is 0.467 e. The molecule has 1 aromatic carbocycles. The van der Waals surface area contributed by atoms with E-state index in [9.17, 15) is 9.59 Å². The molecule has 0 fully saturated rings. The molecule has 0 saturated heterocycles. The van der Waals surface area contributed by atoms with Crippen molar-refractivity contribution in [3.8, 4) is 0 Å². The number of hydrogen-bond acceptors (Lipinski definition) is 5. The van der Waals surface area contributed by atoms with Crippen LogP contribution in [-0.4, -0.2) is 44.9 Å². The zero-order chi connectivity index (χ0) is 20.9. The van der Waals surface area contributed by atoms with Gasteiger partial charge in [-0.3, -0.25) is 9.78 Å². The van der Waals surface area contributed by atoms with Crippen molar-refractivity contribution in [1.82, 2.24) is 10.3 Å². The van der Waals surface area contributed by atoms with Crippen LogP contribution in [0.1, 0.15) is 37.6 Å². The summed E-state index contributed by atoms with van der Waals surface area (Å²) in [5, 5.41) is 3.61. The third kappa shape index (κ3) is 5.17. The molecule has 1 N–H and O–H groups in total. The van der Waals surface area contributed by atoms with E-state index in [1.807, 2.05) is 24.3 Å². The van der Waals surface area contributed by atoms with Crippen molar-refractivity contribution in [2.75, 3.05) is 13.7 Å². The van der Waals surface area contributed by atoms with Crippen LogP contribution in [0.15, 0.2) is 36.5 Å². The van der Waals surface area contributed by atoms with Gasteiger partial charge in [0.05, 0.1) is 18.2 Å². The zero-order valence-corrected chi connectivity index (χ0v) is 18.5. The summed E-state index contributed by atoms with van der Waals surface area (Å²) in [7, 11) is -0.612. The lowest BCUT2D eigenvalue weighted by molar-refractivity contribution is -0.143. The number of amides is 1. The number of nitrogens with zero attached hydrogens (tertiary/aromatic N) is 1. The van der Waals surface area contributed by atoms with Crippen LogP contribution in [0.2, 0.25) is 18.1 Å². The van der Waals surface area contributed by atoms with Crippen LogP contribution < -0.4 is 5.32 Å². The summed E-state index contributed by atoms with van der Waals surface area (Å²) in [6.45, 7) is 11.2. The number of carbonyl (C=O) groups is 2. The van der Waals surface area contributed by atoms with Gasteiger partial charge < -0.3 is 14.5 Å². The van der Waals surface area contributed by atoms with Gasteiger partial charge in [0.15, 0.2) is 8.32 Å². The van der Waals surface area contributed by atoms with Crippen LogP contribution in [0.5, 0.6) is 0 Å². The molecule has 0 spiro atoms. The van der Waals surface area contributed by atoms with E-state index in [2.05, 4.69) is 44.2 Å². The predicted octanol–water partition coefficient (Wildman–Crippen LogP) is 3.92. The van der Waals surface area contributed by atoms with Crippen molar-refractivity contribution >= 4 is 31.1 Å². The van der Waals surface area contributed by atoms with E-state index in [0.29, 0.717) is 18.6 Å². The van der Waals surface area contributed by atoms with E-state index in [-0.39, 0.29) is 10.9 Å². The molecule has 0 aliphatic heterocycles. The summed E-state index contributed by atoms with van der Waals surface area (Å²) in [5.74, 6) is -0.813. The van der Waals surface area contributed by atoms with Gasteiger partial charge in [-0.2, -0.15) is 0 Å². The number of fused-ring (bicyclic) bond motifs is 1. The average molecular weight is 403 g/mol. The van der Waals surface area contributed by atoms with Gasteiger partial charge in [-0.05, 0) is 30.3 Å². The Kier molecular flexibility index (Phi) is 6.95. The molecule has 1 atom stereocenters. The number of para-hydroxylation sites is 1. The minimum Gasteiger partial charge on any atom is -0.467 e. The van der Waals surface area contributed by atoms with E-state index in [1.54, 1.807) is 12.3 Å². The van der Waals surface area contributed by atoms with E-state index in [4.69, 9.17) is 9.16 Å². The first-order valence-electron chi connectivity index (χ1n) is 9.43. The van der Waals surface area contributed by atoms with Crippen molar-refractivity contribution < 1.29 is 18.8 Å². The van der Waals surface area contributed by atoms with Crippen LogP contribution in [0, 0.1) is 0 Å². The molecule has 1 amide bonds. The molecule has 0 aliphatic carbocycles. The number of esters is 1. The Morgan fingerprint density at radius 1 is 1.18 bits per heavy atom. The van der Waals surface area contributed by atoms with E-state index in [1.165, 1.54) is 7.11 Å². The fourth-order valence-electron chi connectivity index (χ4n) is 2.57. The molecule has 0 bridgehead atoms. The lowest BCUT2D eigenvalue weighted by atomic mass is 10.1. The van der Waals surface area contributed by atoms with Crippen LogP contribution in [0.4, 0.5) is 0 Å². The summed E-state index contributed by atoms with van der Waals surface area (Å²) in [5.41, 5.74) is 1.20. The van der Waals surface area contributed by atoms with E-state index < -0.39 is 20.3 Å². The highest BCUT2D eigenvalue weighted by Crippen LogP contribution is 2.36. The number of carbonyl (C=O) groups excluding carboxylic acids is 2. The standard InChI is InChI=1S/C21H30N2O4Si/c1-21(2,3)28(5,6)27-14-12-18(20(25)26-4)23-19(24)16-11-13-22-17-10-8-7-9-15(16)17/h7-11,13,18H,12,14H2,1-6H3,(H,23,24)/t18-/m0/s1. The van der Waals surface area contributed by atoms with Crippen LogP contribution in [0.3, 0.4) is 0 Å². The fraction of sp³-hybridized carbons (Fsp3) is 0.476. The number of pyridine rings is 1. The second-order valence-corrected chi connectivity index (χ2v) is 13.1. The van der Waals surface area contributed by atoms with Gasteiger partial charge in [0, 0.05) is 24.6 Å². The Labute approximate surface area is 167 Å². The lowest BCUT2D eigenvalue weighted by Gasteiger charge is -2.36. The maximum Gasteiger partial charge on any atom is 0.328 e. The van der Waals surface area contributed by atoms with E-state index >= 15 is 0 Å². The Bertz CT molecular complexity index is 840. The molecule has 2 aromatic rings. The van der Waals surface area contributed by atoms with E-state index in [0.717, 1.165) is 10.9 Å². The number of hydrogen-bond donors (Lipinski definition) is 1. The van der Waals surface area contributed by atoms with Crippen LogP contribution in [0.25, 0.3) is 10.9 Å². The lowest BCUT2D eigenvalue weighted by Crippen LogP contribution is -2.45. The van der Waals surface area contributed by atoms with Crippen molar-refractivity contribution in [2.45, 2.75) is 51.4 Å². The van der Waals surface area contributed by atoms with Crippen molar-refractivity contribution in [3.05, 3.63) is 42.1 Å². The van der Waals surface area contributed by atoms with Gasteiger partial charge in [-0.15, -0.1) is 0 Å². The van der Waals surface area contributed by atoms with Crippen molar-refractivity contribution in [3.63, 3.8) is 0 Å². The molecule has 1 heterocycles. The highest BCUT2D eigenvalue weighted by atomic mass is 28.4. The molecule has 28 heavy (non-hydrogen) atoms. The van der Waals surface area contributed by atoms with Gasteiger partial charge in [0.2, 0.25) is 0 Å². The highest BCUT2D eigenvalue weighted by molar-refractivity contribution is 6.74. The molecule has 0 radical (unpaired) electrons. The molecule has 152 valence electrons. The minimum atomic E-state index is -1.93. The van der Waals surface area contributed by atoms with Crippen molar-refractivity contribution in [1.29, 1.82) is 0 Å². The highest BCUT2D eigenvalue weighted by Gasteiger charge is 2.37. The normalized spacial score (nSPS) is 13.2. The Morgan fingerprint density at radius 3 is 2.50 bits per heavy atom. The van der Waals surface area contributed by atoms with Gasteiger partial charge in [0.1, 0.15) is 6.04 Å². The third-order valence-corrected chi connectivity index (χ3v) is 9.90. The topological polar surface area (TPSA) is 77.5 Å². The molecule has 6 nitrogen and oxygen atoms in total. The number of methoxy groups -OCH3 is 1. The first-order chi connectivity index (χ1) is 13.1. The SMILES string of the molecule is COC(=O)[C@H](CCO[Si](C)(C)C(C)(C)C)NC(=O)c1ccnc2ccccc12. The smallest absolute Gasteiger partial charge is 0.328 e. The Hall–Kier alpha value is -2.25. The molecule has 0 aliphatic rings. The number of aromatic nitrogens is 1. The van der Waals surface area contributed by atoms with Crippen LogP contribution >= 0.6 is 0 Å². The van der Waals surface area contributed by atoms with Gasteiger partial charge in [-0.25, -0.2) is 4.79 Å². The Morgan fingerprint density at radius 2 is 1.86 bits per heavy atom. The zero-order valence-electron chi connectivity index (χ0n) is 17.5. The first-order valence-corrected chi connectivity index (χ1v) is 12.3. The number of ether oxygens (including phenoxy) is 1. The van der Waals surface area contributed by atoms with Gasteiger partial charge in [-0.1, -0.05) is 39.0 Å². The summed E-state index contributed by atoms with van der Waals surface area (Å²) in [6.07, 6.45) is 1.94. The molecule has 7 heteroatoms.